The van der Waals surface area contributed by atoms with Crippen LogP contribution in [-0.4, -0.2) is 23.4 Å². The first kappa shape index (κ1) is 15.8. The lowest BCUT2D eigenvalue weighted by Crippen LogP contribution is -2.34. The van der Waals surface area contributed by atoms with Crippen LogP contribution in [0.4, 0.5) is 13.2 Å². The Bertz CT molecular complexity index is 528. The van der Waals surface area contributed by atoms with Crippen molar-refractivity contribution in [2.24, 2.45) is 5.92 Å². The highest BCUT2D eigenvalue weighted by Crippen LogP contribution is 2.33. The van der Waals surface area contributed by atoms with Crippen LogP contribution in [-0.2, 0) is 11.0 Å². The van der Waals surface area contributed by atoms with Crippen LogP contribution in [0.15, 0.2) is 24.3 Å². The number of rotatable bonds is 3. The Kier molecular flexibility index (Phi) is 4.27. The zero-order valence-corrected chi connectivity index (χ0v) is 12.2. The quantitative estimate of drug-likeness (QED) is 0.930. The Labute approximate surface area is 122 Å². The first-order valence-corrected chi connectivity index (χ1v) is 6.99. The lowest BCUT2D eigenvalue weighted by molar-refractivity contribution is -0.137. The molecule has 0 radical (unpaired) electrons. The summed E-state index contributed by atoms with van der Waals surface area (Å²) in [7, 11) is 0. The van der Waals surface area contributed by atoms with Gasteiger partial charge in [0.05, 0.1) is 11.6 Å². The zero-order valence-electron chi connectivity index (χ0n) is 12.2. The highest BCUT2D eigenvalue weighted by atomic mass is 19.4. The van der Waals surface area contributed by atoms with Crippen molar-refractivity contribution in [2.75, 3.05) is 6.54 Å². The van der Waals surface area contributed by atoms with Gasteiger partial charge in [-0.05, 0) is 30.5 Å². The molecule has 3 nitrogen and oxygen atoms in total. The topological polar surface area (TPSA) is 32.3 Å². The second-order valence-corrected chi connectivity index (χ2v) is 5.54. The second kappa shape index (κ2) is 5.67. The van der Waals surface area contributed by atoms with E-state index >= 15 is 0 Å². The van der Waals surface area contributed by atoms with Crippen molar-refractivity contribution < 1.29 is 18.0 Å². The Morgan fingerprint density at radius 1 is 1.33 bits per heavy atom. The first-order valence-electron chi connectivity index (χ1n) is 6.99. The van der Waals surface area contributed by atoms with E-state index < -0.39 is 17.9 Å². The van der Waals surface area contributed by atoms with Crippen molar-refractivity contribution in [3.63, 3.8) is 0 Å². The molecular weight excluding hydrogens is 281 g/mol. The summed E-state index contributed by atoms with van der Waals surface area (Å²) in [6, 6.07) is 4.78. The Balaban J connectivity index is 2.35. The lowest BCUT2D eigenvalue weighted by atomic mass is 10.0. The largest absolute Gasteiger partial charge is 0.416 e. The van der Waals surface area contributed by atoms with Crippen LogP contribution >= 0.6 is 0 Å². The van der Waals surface area contributed by atoms with E-state index in [-0.39, 0.29) is 17.9 Å². The molecule has 2 atom stereocenters. The molecule has 1 heterocycles. The summed E-state index contributed by atoms with van der Waals surface area (Å²) in [6.45, 7) is 6.11. The standard InChI is InChI=1S/C15H19F3N2O/c1-4-20-13(19-12(9(2)3)14(20)21)10-6-5-7-11(8-10)15(16,17)18/h5-9,12-13,19H,4H2,1-3H3. The van der Waals surface area contributed by atoms with Crippen molar-refractivity contribution in [3.8, 4) is 0 Å². The summed E-state index contributed by atoms with van der Waals surface area (Å²) in [4.78, 5) is 13.9. The predicted molar refractivity (Wildman–Crippen MR) is 73.3 cm³/mol. The molecular formula is C15H19F3N2O. The number of alkyl halides is 3. The van der Waals surface area contributed by atoms with Crippen molar-refractivity contribution in [1.29, 1.82) is 0 Å². The second-order valence-electron chi connectivity index (χ2n) is 5.54. The third-order valence-corrected chi connectivity index (χ3v) is 3.74. The van der Waals surface area contributed by atoms with Crippen LogP contribution in [0.2, 0.25) is 0 Å². The van der Waals surface area contributed by atoms with E-state index in [9.17, 15) is 18.0 Å². The normalized spacial score (nSPS) is 23.2. The number of nitrogens with zero attached hydrogens (tertiary/aromatic N) is 1. The summed E-state index contributed by atoms with van der Waals surface area (Å²) in [5.74, 6) is 0.0252. The summed E-state index contributed by atoms with van der Waals surface area (Å²) in [6.07, 6.45) is -4.88. The number of hydrogen-bond acceptors (Lipinski definition) is 2. The molecule has 0 saturated carbocycles. The molecule has 6 heteroatoms. The van der Waals surface area contributed by atoms with Crippen molar-refractivity contribution >= 4 is 5.91 Å². The molecule has 1 saturated heterocycles. The molecule has 1 aromatic rings. The van der Waals surface area contributed by atoms with Gasteiger partial charge in [0.15, 0.2) is 0 Å². The van der Waals surface area contributed by atoms with Crippen molar-refractivity contribution in [2.45, 2.75) is 39.2 Å². The monoisotopic (exact) mass is 300 g/mol. The number of halogens is 3. The third-order valence-electron chi connectivity index (χ3n) is 3.74. The maximum atomic E-state index is 12.8. The van der Waals surface area contributed by atoms with Gasteiger partial charge in [0, 0.05) is 6.54 Å². The molecule has 0 bridgehead atoms. The number of hydrogen-bond donors (Lipinski definition) is 1. The molecule has 2 unspecified atom stereocenters. The minimum atomic E-state index is -4.38. The smallest absolute Gasteiger partial charge is 0.322 e. The van der Waals surface area contributed by atoms with Crippen LogP contribution in [0.25, 0.3) is 0 Å². The maximum Gasteiger partial charge on any atom is 0.416 e. The number of amides is 1. The van der Waals surface area contributed by atoms with E-state index in [4.69, 9.17) is 0 Å². The van der Waals surface area contributed by atoms with Gasteiger partial charge in [-0.1, -0.05) is 26.0 Å². The number of nitrogens with one attached hydrogen (secondary N) is 1. The van der Waals surface area contributed by atoms with Crippen LogP contribution in [0.1, 0.15) is 38.1 Å². The molecule has 116 valence electrons. The average Bonchev–Trinajstić information content (AvgIpc) is 2.75. The minimum absolute atomic E-state index is 0.0603. The molecule has 1 amide bonds. The van der Waals surface area contributed by atoms with E-state index in [0.717, 1.165) is 12.1 Å². The van der Waals surface area contributed by atoms with E-state index in [0.29, 0.717) is 12.1 Å². The number of carbonyl (C=O) groups is 1. The Morgan fingerprint density at radius 3 is 2.52 bits per heavy atom. The predicted octanol–water partition coefficient (Wildman–Crippen LogP) is 3.18. The lowest BCUT2D eigenvalue weighted by Gasteiger charge is -2.23. The molecule has 0 aromatic heterocycles. The van der Waals surface area contributed by atoms with Crippen LogP contribution in [0.3, 0.4) is 0 Å². The van der Waals surface area contributed by atoms with Gasteiger partial charge in [-0.25, -0.2) is 0 Å². The van der Waals surface area contributed by atoms with E-state index in [1.165, 1.54) is 6.07 Å². The highest BCUT2D eigenvalue weighted by Gasteiger charge is 2.40. The average molecular weight is 300 g/mol. The fourth-order valence-electron chi connectivity index (χ4n) is 2.61. The van der Waals surface area contributed by atoms with Gasteiger partial charge in [0.25, 0.3) is 0 Å². The maximum absolute atomic E-state index is 12.8. The van der Waals surface area contributed by atoms with Crippen molar-refractivity contribution in [1.82, 2.24) is 10.2 Å². The van der Waals surface area contributed by atoms with Gasteiger partial charge in [-0.2, -0.15) is 13.2 Å². The highest BCUT2D eigenvalue weighted by molar-refractivity contribution is 5.84. The summed E-state index contributed by atoms with van der Waals surface area (Å²) in [5, 5.41) is 3.15. The van der Waals surface area contributed by atoms with Gasteiger partial charge in [-0.15, -0.1) is 0 Å². The van der Waals surface area contributed by atoms with Gasteiger partial charge >= 0.3 is 6.18 Å². The van der Waals surface area contributed by atoms with Crippen LogP contribution in [0, 0.1) is 5.92 Å². The molecule has 1 aliphatic rings. The fourth-order valence-corrected chi connectivity index (χ4v) is 2.61. The molecule has 1 aliphatic heterocycles. The number of benzene rings is 1. The minimum Gasteiger partial charge on any atom is -0.322 e. The molecule has 1 fully saturated rings. The molecule has 0 aliphatic carbocycles. The molecule has 0 spiro atoms. The number of carbonyl (C=O) groups excluding carboxylic acids is 1. The van der Waals surface area contributed by atoms with E-state index in [2.05, 4.69) is 5.32 Å². The van der Waals surface area contributed by atoms with Crippen LogP contribution < -0.4 is 5.32 Å². The van der Waals surface area contributed by atoms with E-state index in [1.807, 2.05) is 20.8 Å². The molecule has 21 heavy (non-hydrogen) atoms. The SMILES string of the molecule is CCN1C(=O)C(C(C)C)NC1c1cccc(C(F)(F)F)c1. The zero-order chi connectivity index (χ0) is 15.8. The summed E-state index contributed by atoms with van der Waals surface area (Å²) >= 11 is 0. The van der Waals surface area contributed by atoms with Gasteiger partial charge in [0.1, 0.15) is 6.17 Å². The molecule has 1 N–H and O–H groups in total. The molecule has 2 rings (SSSR count). The Hall–Kier alpha value is -1.56. The van der Waals surface area contributed by atoms with Gasteiger partial charge < -0.3 is 4.90 Å². The van der Waals surface area contributed by atoms with Gasteiger partial charge in [-0.3, -0.25) is 10.1 Å². The Morgan fingerprint density at radius 2 is 2.00 bits per heavy atom. The summed E-state index contributed by atoms with van der Waals surface area (Å²) in [5.41, 5.74) is -0.235. The summed E-state index contributed by atoms with van der Waals surface area (Å²) < 4.78 is 38.4. The third kappa shape index (κ3) is 3.05. The first-order chi connectivity index (χ1) is 9.75. The van der Waals surface area contributed by atoms with Crippen LogP contribution in [0.5, 0.6) is 0 Å². The molecule has 1 aromatic carbocycles. The fraction of sp³-hybridized carbons (Fsp3) is 0.533. The van der Waals surface area contributed by atoms with E-state index in [1.54, 1.807) is 11.0 Å². The van der Waals surface area contributed by atoms with Crippen molar-refractivity contribution in [3.05, 3.63) is 35.4 Å². The number of likely N-dealkylation sites (N-methyl/N-ethyl adjacent to an activating group) is 1. The van der Waals surface area contributed by atoms with Gasteiger partial charge in [0.2, 0.25) is 5.91 Å².